The van der Waals surface area contributed by atoms with E-state index in [0.717, 1.165) is 17.9 Å². The van der Waals surface area contributed by atoms with Gasteiger partial charge in [-0.1, -0.05) is 24.3 Å². The fraction of sp³-hybridized carbons (Fsp3) is 0.316. The number of hydrogen-bond acceptors (Lipinski definition) is 4. The van der Waals surface area contributed by atoms with Crippen LogP contribution in [0.3, 0.4) is 0 Å². The lowest BCUT2D eigenvalue weighted by molar-refractivity contribution is -0.122. The molecule has 4 nitrogen and oxygen atoms in total. The Morgan fingerprint density at radius 3 is 2.96 bits per heavy atom. The molecule has 0 aliphatic rings. The molecule has 0 radical (unpaired) electrons. The number of ether oxygens (including phenoxy) is 1. The predicted molar refractivity (Wildman–Crippen MR) is 99.5 cm³/mol. The molecule has 2 rings (SSSR count). The number of carbonyl (C=O) groups excluding carboxylic acids is 1. The van der Waals surface area contributed by atoms with E-state index in [1.54, 1.807) is 11.3 Å². The predicted octanol–water partition coefficient (Wildman–Crippen LogP) is 3.24. The number of carbonyl (C=O) groups is 1. The van der Waals surface area contributed by atoms with Gasteiger partial charge < -0.3 is 10.1 Å². The zero-order chi connectivity index (χ0) is 17.2. The number of benzene rings is 1. The van der Waals surface area contributed by atoms with Crippen molar-refractivity contribution >= 4 is 17.2 Å². The fourth-order valence-corrected chi connectivity index (χ4v) is 3.06. The van der Waals surface area contributed by atoms with Gasteiger partial charge in [0.2, 0.25) is 5.91 Å². The van der Waals surface area contributed by atoms with E-state index >= 15 is 0 Å². The highest BCUT2D eigenvalue weighted by atomic mass is 32.1. The number of amides is 1. The Labute approximate surface area is 147 Å². The van der Waals surface area contributed by atoms with Crippen molar-refractivity contribution < 1.29 is 9.53 Å². The third-order valence-electron chi connectivity index (χ3n) is 3.40. The molecule has 2 aromatic rings. The monoisotopic (exact) mass is 344 g/mol. The fourth-order valence-electron chi connectivity index (χ4n) is 2.31. The Morgan fingerprint density at radius 2 is 2.25 bits per heavy atom. The van der Waals surface area contributed by atoms with Crippen molar-refractivity contribution in [3.05, 3.63) is 64.9 Å². The summed E-state index contributed by atoms with van der Waals surface area (Å²) in [5.74, 6) is 0.830. The van der Waals surface area contributed by atoms with Crippen LogP contribution >= 0.6 is 11.3 Å². The van der Waals surface area contributed by atoms with E-state index in [1.807, 2.05) is 48.7 Å². The van der Waals surface area contributed by atoms with Crippen molar-refractivity contribution in [2.45, 2.75) is 13.5 Å². The van der Waals surface area contributed by atoms with Crippen molar-refractivity contribution in [3.63, 3.8) is 0 Å². The summed E-state index contributed by atoms with van der Waals surface area (Å²) in [5, 5.41) is 4.95. The van der Waals surface area contributed by atoms with Crippen molar-refractivity contribution in [1.82, 2.24) is 10.2 Å². The maximum Gasteiger partial charge on any atom is 0.234 e. The molecular formula is C19H24N2O2S. The Kier molecular flexibility index (Phi) is 7.52. The number of aryl methyl sites for hydroxylation is 1. The minimum Gasteiger partial charge on any atom is -0.492 e. The molecule has 0 saturated carbocycles. The lowest BCUT2D eigenvalue weighted by Crippen LogP contribution is -2.38. The summed E-state index contributed by atoms with van der Waals surface area (Å²) in [4.78, 5) is 15.4. The van der Waals surface area contributed by atoms with E-state index in [9.17, 15) is 4.79 Å². The second-order valence-corrected chi connectivity index (χ2v) is 6.58. The van der Waals surface area contributed by atoms with Crippen LogP contribution in [0.25, 0.3) is 0 Å². The van der Waals surface area contributed by atoms with Crippen LogP contribution in [0.2, 0.25) is 0 Å². The summed E-state index contributed by atoms with van der Waals surface area (Å²) in [6, 6.07) is 12.0. The smallest absolute Gasteiger partial charge is 0.234 e. The molecule has 0 bridgehead atoms. The Morgan fingerprint density at radius 1 is 1.38 bits per heavy atom. The van der Waals surface area contributed by atoms with Crippen LogP contribution in [-0.4, -0.2) is 37.0 Å². The summed E-state index contributed by atoms with van der Waals surface area (Å²) in [5.41, 5.74) is 1.16. The molecule has 1 aromatic heterocycles. The average molecular weight is 344 g/mol. The SMILES string of the molecule is C=CCN(CC(=O)NCCOc1cccc(C)c1)Cc1cccs1. The average Bonchev–Trinajstić information content (AvgIpc) is 3.05. The van der Waals surface area contributed by atoms with E-state index in [1.165, 1.54) is 4.88 Å². The quantitative estimate of drug-likeness (QED) is 0.531. The highest BCUT2D eigenvalue weighted by Crippen LogP contribution is 2.12. The van der Waals surface area contributed by atoms with E-state index in [-0.39, 0.29) is 5.91 Å². The summed E-state index contributed by atoms with van der Waals surface area (Å²) in [6.07, 6.45) is 1.82. The first-order chi connectivity index (χ1) is 11.7. The molecule has 5 heteroatoms. The zero-order valence-corrected chi connectivity index (χ0v) is 14.8. The van der Waals surface area contributed by atoms with Crippen molar-refractivity contribution in [2.75, 3.05) is 26.2 Å². The molecule has 1 N–H and O–H groups in total. The first-order valence-corrected chi connectivity index (χ1v) is 8.87. The highest BCUT2D eigenvalue weighted by molar-refractivity contribution is 7.09. The molecular weight excluding hydrogens is 320 g/mol. The maximum absolute atomic E-state index is 12.1. The highest BCUT2D eigenvalue weighted by Gasteiger charge is 2.10. The normalized spacial score (nSPS) is 10.6. The second-order valence-electron chi connectivity index (χ2n) is 5.55. The van der Waals surface area contributed by atoms with Gasteiger partial charge in [0.15, 0.2) is 0 Å². The van der Waals surface area contributed by atoms with Crippen molar-refractivity contribution in [1.29, 1.82) is 0 Å². The lowest BCUT2D eigenvalue weighted by Gasteiger charge is -2.19. The molecule has 0 saturated heterocycles. The molecule has 1 heterocycles. The van der Waals surface area contributed by atoms with E-state index in [4.69, 9.17) is 4.74 Å². The van der Waals surface area contributed by atoms with Crippen molar-refractivity contribution in [2.24, 2.45) is 0 Å². The van der Waals surface area contributed by atoms with Crippen LogP contribution in [0.4, 0.5) is 0 Å². The van der Waals surface area contributed by atoms with Gasteiger partial charge in [0.05, 0.1) is 13.1 Å². The second kappa shape index (κ2) is 9.90. The molecule has 0 atom stereocenters. The first-order valence-electron chi connectivity index (χ1n) is 7.99. The van der Waals surface area contributed by atoms with Crippen LogP contribution in [0.5, 0.6) is 5.75 Å². The minimum absolute atomic E-state index is 0.00116. The number of hydrogen-bond donors (Lipinski definition) is 1. The van der Waals surface area contributed by atoms with Gasteiger partial charge in [-0.15, -0.1) is 17.9 Å². The lowest BCUT2D eigenvalue weighted by atomic mass is 10.2. The number of nitrogens with one attached hydrogen (secondary N) is 1. The molecule has 0 spiro atoms. The van der Waals surface area contributed by atoms with E-state index < -0.39 is 0 Å². The van der Waals surface area contributed by atoms with Crippen LogP contribution in [0.1, 0.15) is 10.4 Å². The summed E-state index contributed by atoms with van der Waals surface area (Å²) < 4.78 is 5.63. The standard InChI is InChI=1S/C19H24N2O2S/c1-3-10-21(14-18-8-5-12-24-18)15-19(22)20-9-11-23-17-7-4-6-16(2)13-17/h3-8,12-13H,1,9-11,14-15H2,2H3,(H,20,22). The Bertz CT molecular complexity index is 641. The Balaban J connectivity index is 1.69. The van der Waals surface area contributed by atoms with Gasteiger partial charge in [0.25, 0.3) is 0 Å². The molecule has 0 unspecified atom stereocenters. The maximum atomic E-state index is 12.1. The van der Waals surface area contributed by atoms with Gasteiger partial charge in [-0.05, 0) is 36.1 Å². The van der Waals surface area contributed by atoms with Gasteiger partial charge in [0, 0.05) is 18.0 Å². The van der Waals surface area contributed by atoms with E-state index in [0.29, 0.717) is 26.2 Å². The summed E-state index contributed by atoms with van der Waals surface area (Å²) in [7, 11) is 0. The van der Waals surface area contributed by atoms with Crippen molar-refractivity contribution in [3.8, 4) is 5.75 Å². The van der Waals surface area contributed by atoms with Gasteiger partial charge in [-0.25, -0.2) is 0 Å². The molecule has 0 aliphatic carbocycles. The van der Waals surface area contributed by atoms with E-state index in [2.05, 4.69) is 22.9 Å². The molecule has 0 fully saturated rings. The third kappa shape index (κ3) is 6.56. The summed E-state index contributed by atoms with van der Waals surface area (Å²) >= 11 is 1.70. The van der Waals surface area contributed by atoms with Gasteiger partial charge in [0.1, 0.15) is 12.4 Å². The van der Waals surface area contributed by atoms with Crippen LogP contribution < -0.4 is 10.1 Å². The first kappa shape index (κ1) is 18.2. The molecule has 128 valence electrons. The molecule has 0 aliphatic heterocycles. The zero-order valence-electron chi connectivity index (χ0n) is 14.0. The molecule has 24 heavy (non-hydrogen) atoms. The Hall–Kier alpha value is -2.11. The minimum atomic E-state index is 0.00116. The van der Waals surface area contributed by atoms with Crippen LogP contribution in [0.15, 0.2) is 54.4 Å². The molecule has 1 aromatic carbocycles. The van der Waals surface area contributed by atoms with Gasteiger partial charge in [-0.3, -0.25) is 9.69 Å². The third-order valence-corrected chi connectivity index (χ3v) is 4.26. The largest absolute Gasteiger partial charge is 0.492 e. The molecule has 1 amide bonds. The van der Waals surface area contributed by atoms with Gasteiger partial charge >= 0.3 is 0 Å². The van der Waals surface area contributed by atoms with Crippen LogP contribution in [0, 0.1) is 6.92 Å². The van der Waals surface area contributed by atoms with Gasteiger partial charge in [-0.2, -0.15) is 0 Å². The van der Waals surface area contributed by atoms with Crippen LogP contribution in [-0.2, 0) is 11.3 Å². The number of thiophene rings is 1. The number of rotatable bonds is 10. The number of nitrogens with zero attached hydrogens (tertiary/aromatic N) is 1. The topological polar surface area (TPSA) is 41.6 Å². The summed E-state index contributed by atoms with van der Waals surface area (Å²) in [6.45, 7) is 8.54.